The van der Waals surface area contributed by atoms with E-state index < -0.39 is 0 Å². The predicted molar refractivity (Wildman–Crippen MR) is 67.3 cm³/mol. The van der Waals surface area contributed by atoms with E-state index in [9.17, 15) is 4.79 Å². The molecule has 4 nitrogen and oxygen atoms in total. The molecule has 5 heteroatoms. The summed E-state index contributed by atoms with van der Waals surface area (Å²) in [5.41, 5.74) is 0. The Labute approximate surface area is 108 Å². The molecule has 2 heterocycles. The van der Waals surface area contributed by atoms with E-state index in [0.29, 0.717) is 17.9 Å². The summed E-state index contributed by atoms with van der Waals surface area (Å²) < 4.78 is 5.39. The van der Waals surface area contributed by atoms with Crippen molar-refractivity contribution >= 4 is 18.3 Å². The molecule has 0 aromatic heterocycles. The molecule has 0 bridgehead atoms. The SMILES string of the molecule is Cl.O=C(C1CNC1)N(CC1CCOC1)C1CC1. The number of hydrogen-bond acceptors (Lipinski definition) is 3. The summed E-state index contributed by atoms with van der Waals surface area (Å²) in [4.78, 5) is 14.4. The summed E-state index contributed by atoms with van der Waals surface area (Å²) in [5.74, 6) is 1.22. The molecule has 1 aliphatic carbocycles. The maximum Gasteiger partial charge on any atom is 0.228 e. The lowest BCUT2D eigenvalue weighted by molar-refractivity contribution is -0.138. The zero-order valence-corrected chi connectivity index (χ0v) is 10.9. The number of ether oxygens (including phenoxy) is 1. The van der Waals surface area contributed by atoms with Crippen LogP contribution in [0.3, 0.4) is 0 Å². The Balaban J connectivity index is 0.00000108. The van der Waals surface area contributed by atoms with E-state index in [2.05, 4.69) is 10.2 Å². The second-order valence-electron chi connectivity index (χ2n) is 5.31. The van der Waals surface area contributed by atoms with E-state index in [1.54, 1.807) is 0 Å². The number of amides is 1. The Morgan fingerprint density at radius 3 is 2.53 bits per heavy atom. The van der Waals surface area contributed by atoms with Crippen LogP contribution in [0.2, 0.25) is 0 Å². The molecule has 0 aromatic carbocycles. The maximum absolute atomic E-state index is 12.2. The molecule has 0 spiro atoms. The van der Waals surface area contributed by atoms with Gasteiger partial charge in [0.2, 0.25) is 5.91 Å². The van der Waals surface area contributed by atoms with Gasteiger partial charge in [0.15, 0.2) is 0 Å². The normalized spacial score (nSPS) is 28.4. The highest BCUT2D eigenvalue weighted by atomic mass is 35.5. The van der Waals surface area contributed by atoms with E-state index in [1.807, 2.05) is 0 Å². The van der Waals surface area contributed by atoms with E-state index in [-0.39, 0.29) is 18.3 Å². The zero-order valence-electron chi connectivity index (χ0n) is 10.1. The van der Waals surface area contributed by atoms with Crippen molar-refractivity contribution in [3.8, 4) is 0 Å². The topological polar surface area (TPSA) is 41.6 Å². The van der Waals surface area contributed by atoms with Crippen LogP contribution in [0.4, 0.5) is 0 Å². The first-order chi connectivity index (χ1) is 7.84. The molecule has 3 rings (SSSR count). The number of nitrogens with one attached hydrogen (secondary N) is 1. The monoisotopic (exact) mass is 260 g/mol. The largest absolute Gasteiger partial charge is 0.381 e. The molecule has 1 N–H and O–H groups in total. The van der Waals surface area contributed by atoms with Crippen molar-refractivity contribution in [2.75, 3.05) is 32.8 Å². The van der Waals surface area contributed by atoms with E-state index in [0.717, 1.165) is 39.3 Å². The number of carbonyl (C=O) groups excluding carboxylic acids is 1. The van der Waals surface area contributed by atoms with Crippen LogP contribution < -0.4 is 5.32 Å². The lowest BCUT2D eigenvalue weighted by atomic mass is 10.00. The second kappa shape index (κ2) is 5.55. The van der Waals surface area contributed by atoms with E-state index >= 15 is 0 Å². The van der Waals surface area contributed by atoms with Gasteiger partial charge in [-0.15, -0.1) is 12.4 Å². The lowest BCUT2D eigenvalue weighted by Crippen LogP contribution is -2.53. The molecule has 1 amide bonds. The zero-order chi connectivity index (χ0) is 11.0. The fourth-order valence-corrected chi connectivity index (χ4v) is 2.51. The standard InChI is InChI=1S/C12H20N2O2.ClH/c15-12(10-5-13-6-10)14(11-1-2-11)7-9-3-4-16-8-9;/h9-11,13H,1-8H2;1H. The fourth-order valence-electron chi connectivity index (χ4n) is 2.51. The van der Waals surface area contributed by atoms with Crippen LogP contribution in [0.1, 0.15) is 19.3 Å². The van der Waals surface area contributed by atoms with Gasteiger partial charge in [-0.25, -0.2) is 0 Å². The molecule has 1 atom stereocenters. The smallest absolute Gasteiger partial charge is 0.228 e. The number of halogens is 1. The van der Waals surface area contributed by atoms with Crippen LogP contribution in [0.25, 0.3) is 0 Å². The van der Waals surface area contributed by atoms with Crippen molar-refractivity contribution in [3.05, 3.63) is 0 Å². The predicted octanol–water partition coefficient (Wildman–Crippen LogP) is 0.655. The van der Waals surface area contributed by atoms with Gasteiger partial charge in [-0.3, -0.25) is 4.79 Å². The van der Waals surface area contributed by atoms with Gasteiger partial charge in [-0.2, -0.15) is 0 Å². The Bertz CT molecular complexity index is 274. The lowest BCUT2D eigenvalue weighted by Gasteiger charge is -2.33. The number of hydrogen-bond donors (Lipinski definition) is 1. The minimum atomic E-state index is 0. The fraction of sp³-hybridized carbons (Fsp3) is 0.917. The van der Waals surface area contributed by atoms with Crippen molar-refractivity contribution in [1.29, 1.82) is 0 Å². The van der Waals surface area contributed by atoms with Crippen molar-refractivity contribution in [2.24, 2.45) is 11.8 Å². The van der Waals surface area contributed by atoms with Gasteiger partial charge in [0.05, 0.1) is 12.5 Å². The first-order valence-electron chi connectivity index (χ1n) is 6.43. The number of rotatable bonds is 4. The van der Waals surface area contributed by atoms with Gasteiger partial charge in [0, 0.05) is 38.2 Å². The van der Waals surface area contributed by atoms with Crippen LogP contribution in [0.5, 0.6) is 0 Å². The van der Waals surface area contributed by atoms with Crippen LogP contribution in [0, 0.1) is 11.8 Å². The maximum atomic E-state index is 12.2. The molecule has 2 saturated heterocycles. The minimum Gasteiger partial charge on any atom is -0.381 e. The summed E-state index contributed by atoms with van der Waals surface area (Å²) in [6.45, 7) is 4.41. The van der Waals surface area contributed by atoms with Crippen molar-refractivity contribution in [2.45, 2.75) is 25.3 Å². The highest BCUT2D eigenvalue weighted by molar-refractivity contribution is 5.85. The van der Waals surface area contributed by atoms with Crippen LogP contribution in [0.15, 0.2) is 0 Å². The van der Waals surface area contributed by atoms with Crippen molar-refractivity contribution in [3.63, 3.8) is 0 Å². The van der Waals surface area contributed by atoms with Gasteiger partial charge in [-0.1, -0.05) is 0 Å². The molecule has 2 aliphatic heterocycles. The molecule has 1 unspecified atom stereocenters. The summed E-state index contributed by atoms with van der Waals surface area (Å²) in [7, 11) is 0. The third kappa shape index (κ3) is 2.92. The van der Waals surface area contributed by atoms with Gasteiger partial charge < -0.3 is 15.0 Å². The molecular formula is C12H21ClN2O2. The van der Waals surface area contributed by atoms with Crippen molar-refractivity contribution in [1.82, 2.24) is 10.2 Å². The summed E-state index contributed by atoms with van der Waals surface area (Å²) in [6, 6.07) is 0.550. The Hall–Kier alpha value is -0.320. The molecule has 1 saturated carbocycles. The first-order valence-corrected chi connectivity index (χ1v) is 6.43. The molecule has 17 heavy (non-hydrogen) atoms. The molecule has 98 valence electrons. The van der Waals surface area contributed by atoms with Crippen molar-refractivity contribution < 1.29 is 9.53 Å². The molecule has 3 fully saturated rings. The summed E-state index contributed by atoms with van der Waals surface area (Å²) >= 11 is 0. The van der Waals surface area contributed by atoms with Crippen LogP contribution >= 0.6 is 12.4 Å². The molecular weight excluding hydrogens is 240 g/mol. The van der Waals surface area contributed by atoms with E-state index in [4.69, 9.17) is 4.74 Å². The quantitative estimate of drug-likeness (QED) is 0.807. The third-order valence-electron chi connectivity index (χ3n) is 3.88. The Kier molecular flexibility index (Phi) is 4.28. The third-order valence-corrected chi connectivity index (χ3v) is 3.88. The first kappa shape index (κ1) is 13.1. The molecule has 0 aromatic rings. The average Bonchev–Trinajstić information content (AvgIpc) is 2.90. The number of nitrogens with zero attached hydrogens (tertiary/aromatic N) is 1. The Morgan fingerprint density at radius 1 is 1.29 bits per heavy atom. The summed E-state index contributed by atoms with van der Waals surface area (Å²) in [6.07, 6.45) is 3.54. The van der Waals surface area contributed by atoms with Gasteiger partial charge in [-0.05, 0) is 19.3 Å². The summed E-state index contributed by atoms with van der Waals surface area (Å²) in [5, 5.41) is 3.18. The van der Waals surface area contributed by atoms with Crippen LogP contribution in [-0.2, 0) is 9.53 Å². The highest BCUT2D eigenvalue weighted by Gasteiger charge is 2.38. The van der Waals surface area contributed by atoms with E-state index in [1.165, 1.54) is 12.8 Å². The van der Waals surface area contributed by atoms with Gasteiger partial charge >= 0.3 is 0 Å². The number of carbonyl (C=O) groups is 1. The van der Waals surface area contributed by atoms with Gasteiger partial charge in [0.25, 0.3) is 0 Å². The highest BCUT2D eigenvalue weighted by Crippen LogP contribution is 2.30. The molecule has 3 aliphatic rings. The molecule has 0 radical (unpaired) electrons. The second-order valence-corrected chi connectivity index (χ2v) is 5.31. The van der Waals surface area contributed by atoms with Crippen LogP contribution in [-0.4, -0.2) is 49.7 Å². The Morgan fingerprint density at radius 2 is 2.06 bits per heavy atom. The van der Waals surface area contributed by atoms with Gasteiger partial charge in [0.1, 0.15) is 0 Å². The average molecular weight is 261 g/mol. The minimum absolute atomic E-state index is 0.